The lowest BCUT2D eigenvalue weighted by molar-refractivity contribution is -0.120. The van der Waals surface area contributed by atoms with Gasteiger partial charge in [-0.25, -0.2) is 0 Å². The summed E-state index contributed by atoms with van der Waals surface area (Å²) in [5.41, 5.74) is 2.42. The van der Waals surface area contributed by atoms with Crippen molar-refractivity contribution in [2.75, 3.05) is 18.5 Å². The van der Waals surface area contributed by atoms with Crippen molar-refractivity contribution in [3.8, 4) is 11.5 Å². The molecule has 6 heteroatoms. The summed E-state index contributed by atoms with van der Waals surface area (Å²) >= 11 is 0. The molecule has 0 bridgehead atoms. The van der Waals surface area contributed by atoms with Gasteiger partial charge in [0.15, 0.2) is 0 Å². The number of aromatic nitrogens is 2. The van der Waals surface area contributed by atoms with Crippen LogP contribution < -0.4 is 5.32 Å². The van der Waals surface area contributed by atoms with Gasteiger partial charge in [0.05, 0.1) is 0 Å². The predicted molar refractivity (Wildman–Crippen MR) is 69.6 cm³/mol. The van der Waals surface area contributed by atoms with E-state index in [1.54, 1.807) is 6.07 Å². The van der Waals surface area contributed by atoms with Crippen molar-refractivity contribution in [3.63, 3.8) is 0 Å². The summed E-state index contributed by atoms with van der Waals surface area (Å²) in [5, 5.41) is 10.3. The summed E-state index contributed by atoms with van der Waals surface area (Å²) in [6, 6.07) is 5.55. The van der Waals surface area contributed by atoms with Crippen molar-refractivity contribution in [1.29, 1.82) is 0 Å². The van der Waals surface area contributed by atoms with E-state index in [-0.39, 0.29) is 12.5 Å². The molecule has 1 amide bonds. The molecule has 2 aromatic rings. The Morgan fingerprint density at radius 2 is 2.32 bits per heavy atom. The molecule has 0 fully saturated rings. The second-order valence-electron chi connectivity index (χ2n) is 3.96. The van der Waals surface area contributed by atoms with Gasteiger partial charge in [-0.1, -0.05) is 6.07 Å². The highest BCUT2D eigenvalue weighted by Crippen LogP contribution is 2.23. The third-order valence-corrected chi connectivity index (χ3v) is 2.56. The van der Waals surface area contributed by atoms with Gasteiger partial charge in [0.25, 0.3) is 0 Å². The first-order valence-corrected chi connectivity index (χ1v) is 5.95. The quantitative estimate of drug-likeness (QED) is 0.891. The van der Waals surface area contributed by atoms with Gasteiger partial charge in [0, 0.05) is 17.9 Å². The number of carbonyl (C=O) groups excluding carboxylic acids is 1. The molecule has 0 aliphatic heterocycles. The first-order chi connectivity index (χ1) is 9.20. The summed E-state index contributed by atoms with van der Waals surface area (Å²) in [7, 11) is 0. The monoisotopic (exact) mass is 261 g/mol. The van der Waals surface area contributed by atoms with Gasteiger partial charge in [0.1, 0.15) is 6.61 Å². The van der Waals surface area contributed by atoms with Crippen LogP contribution in [0.5, 0.6) is 0 Å². The highest BCUT2D eigenvalue weighted by Gasteiger charge is 2.09. The Hall–Kier alpha value is -2.21. The lowest BCUT2D eigenvalue weighted by Gasteiger charge is -2.09. The zero-order valence-corrected chi connectivity index (χ0v) is 10.8. The zero-order valence-electron chi connectivity index (χ0n) is 10.8. The Bertz CT molecular complexity index is 552. The van der Waals surface area contributed by atoms with Crippen LogP contribution in [0.4, 0.5) is 5.69 Å². The number of nitrogens with zero attached hydrogens (tertiary/aromatic N) is 2. The molecular formula is C13H15N3O3. The number of ether oxygens (including phenoxy) is 1. The molecule has 0 saturated heterocycles. The normalized spacial score (nSPS) is 10.4. The van der Waals surface area contributed by atoms with Crippen molar-refractivity contribution < 1.29 is 13.9 Å². The van der Waals surface area contributed by atoms with E-state index in [1.807, 2.05) is 26.0 Å². The van der Waals surface area contributed by atoms with Crippen molar-refractivity contribution in [2.45, 2.75) is 13.8 Å². The molecule has 1 aromatic carbocycles. The molecule has 0 unspecified atom stereocenters. The van der Waals surface area contributed by atoms with Crippen LogP contribution in [0.3, 0.4) is 0 Å². The molecule has 6 nitrogen and oxygen atoms in total. The molecule has 1 aromatic heterocycles. The van der Waals surface area contributed by atoms with E-state index >= 15 is 0 Å². The van der Waals surface area contributed by atoms with Crippen molar-refractivity contribution in [2.24, 2.45) is 0 Å². The number of aryl methyl sites for hydroxylation is 1. The lowest BCUT2D eigenvalue weighted by atomic mass is 10.1. The fraction of sp³-hybridized carbons (Fsp3) is 0.308. The average Bonchev–Trinajstić information content (AvgIpc) is 2.93. The Labute approximate surface area is 110 Å². The molecule has 0 aliphatic carbocycles. The Balaban J connectivity index is 2.16. The van der Waals surface area contributed by atoms with Crippen LogP contribution >= 0.6 is 0 Å². The number of benzene rings is 1. The maximum absolute atomic E-state index is 11.6. The molecule has 0 aliphatic rings. The minimum absolute atomic E-state index is 0.0424. The third-order valence-electron chi connectivity index (χ3n) is 2.56. The van der Waals surface area contributed by atoms with Crippen molar-refractivity contribution in [1.82, 2.24) is 10.2 Å². The molecule has 0 atom stereocenters. The average molecular weight is 261 g/mol. The predicted octanol–water partition coefficient (Wildman–Crippen LogP) is 2.02. The second kappa shape index (κ2) is 6.10. The van der Waals surface area contributed by atoms with Gasteiger partial charge >= 0.3 is 0 Å². The third kappa shape index (κ3) is 3.38. The van der Waals surface area contributed by atoms with E-state index < -0.39 is 0 Å². The number of amides is 1. The SMILES string of the molecule is CCOCC(=O)Nc1cc(-c2nnco2)ccc1C. The number of anilines is 1. The van der Waals surface area contributed by atoms with Crippen LogP contribution in [0, 0.1) is 6.92 Å². The van der Waals surface area contributed by atoms with Gasteiger partial charge in [-0.05, 0) is 31.5 Å². The van der Waals surface area contributed by atoms with Crippen LogP contribution in [-0.4, -0.2) is 29.3 Å². The lowest BCUT2D eigenvalue weighted by Crippen LogP contribution is -2.18. The van der Waals surface area contributed by atoms with E-state index in [1.165, 1.54) is 6.39 Å². The maximum atomic E-state index is 11.6. The topological polar surface area (TPSA) is 77.2 Å². The summed E-state index contributed by atoms with van der Waals surface area (Å²) < 4.78 is 10.2. The van der Waals surface area contributed by atoms with E-state index in [4.69, 9.17) is 9.15 Å². The molecule has 1 N–H and O–H groups in total. The van der Waals surface area contributed by atoms with Gasteiger partial charge in [0.2, 0.25) is 18.2 Å². The van der Waals surface area contributed by atoms with Crippen LogP contribution in [-0.2, 0) is 9.53 Å². The van der Waals surface area contributed by atoms with Crippen molar-refractivity contribution >= 4 is 11.6 Å². The van der Waals surface area contributed by atoms with Gasteiger partial charge in [-0.15, -0.1) is 10.2 Å². The first-order valence-electron chi connectivity index (χ1n) is 5.95. The second-order valence-corrected chi connectivity index (χ2v) is 3.96. The molecular weight excluding hydrogens is 246 g/mol. The van der Waals surface area contributed by atoms with Crippen LogP contribution in [0.25, 0.3) is 11.5 Å². The molecule has 19 heavy (non-hydrogen) atoms. The van der Waals surface area contributed by atoms with E-state index in [0.717, 1.165) is 11.1 Å². The smallest absolute Gasteiger partial charge is 0.250 e. The fourth-order valence-electron chi connectivity index (χ4n) is 1.57. The molecule has 100 valence electrons. The highest BCUT2D eigenvalue weighted by atomic mass is 16.5. The summed E-state index contributed by atoms with van der Waals surface area (Å²) in [5.74, 6) is 0.230. The van der Waals surface area contributed by atoms with Crippen molar-refractivity contribution in [3.05, 3.63) is 30.2 Å². The molecule has 0 saturated carbocycles. The number of carbonyl (C=O) groups is 1. The van der Waals surface area contributed by atoms with Crippen LogP contribution in [0.15, 0.2) is 29.0 Å². The summed E-state index contributed by atoms with van der Waals surface area (Å²) in [4.78, 5) is 11.6. The number of nitrogens with one attached hydrogen (secondary N) is 1. The van der Waals surface area contributed by atoms with Gasteiger partial charge in [-0.3, -0.25) is 4.79 Å². The zero-order chi connectivity index (χ0) is 13.7. The van der Waals surface area contributed by atoms with E-state index in [9.17, 15) is 4.79 Å². The number of rotatable bonds is 5. The van der Waals surface area contributed by atoms with E-state index in [2.05, 4.69) is 15.5 Å². The largest absolute Gasteiger partial charge is 0.423 e. The Morgan fingerprint density at radius 3 is 3.00 bits per heavy atom. The van der Waals surface area contributed by atoms with Crippen LogP contribution in [0.2, 0.25) is 0 Å². The highest BCUT2D eigenvalue weighted by molar-refractivity contribution is 5.93. The standard InChI is InChI=1S/C13H15N3O3/c1-3-18-7-12(17)15-11-6-10(5-4-9(11)2)13-16-14-8-19-13/h4-6,8H,3,7H2,1-2H3,(H,15,17). The molecule has 2 rings (SSSR count). The number of hydrogen-bond acceptors (Lipinski definition) is 5. The number of hydrogen-bond donors (Lipinski definition) is 1. The molecule has 0 spiro atoms. The van der Waals surface area contributed by atoms with Gasteiger partial charge < -0.3 is 14.5 Å². The summed E-state index contributed by atoms with van der Waals surface area (Å²) in [6.07, 6.45) is 1.27. The first kappa shape index (κ1) is 13.2. The minimum Gasteiger partial charge on any atom is -0.423 e. The van der Waals surface area contributed by atoms with Crippen LogP contribution in [0.1, 0.15) is 12.5 Å². The molecule has 1 heterocycles. The Morgan fingerprint density at radius 1 is 1.47 bits per heavy atom. The van der Waals surface area contributed by atoms with Gasteiger partial charge in [-0.2, -0.15) is 0 Å². The maximum Gasteiger partial charge on any atom is 0.250 e. The summed E-state index contributed by atoms with van der Waals surface area (Å²) in [6.45, 7) is 4.30. The minimum atomic E-state index is -0.187. The molecule has 0 radical (unpaired) electrons. The Kier molecular flexibility index (Phi) is 4.25. The fourth-order valence-corrected chi connectivity index (χ4v) is 1.57. The van der Waals surface area contributed by atoms with E-state index in [0.29, 0.717) is 18.2 Å².